The number of hydrogen-bond acceptors (Lipinski definition) is 4. The smallest absolute Gasteiger partial charge is 0.306 e. The standard InChI is InChI=1S/C11H14FN3O3/c1-6(7(2)13)11(16)14-8-3-4-9(12)10(5-8)15(17)18/h3-7H,13H2,1-2H3,(H,14,16). The van der Waals surface area contributed by atoms with Gasteiger partial charge in [-0.05, 0) is 19.1 Å². The van der Waals surface area contributed by atoms with Crippen molar-refractivity contribution in [2.24, 2.45) is 11.7 Å². The zero-order valence-corrected chi connectivity index (χ0v) is 10.0. The van der Waals surface area contributed by atoms with Gasteiger partial charge in [-0.25, -0.2) is 0 Å². The third-order valence-electron chi connectivity index (χ3n) is 2.61. The normalized spacial score (nSPS) is 13.8. The van der Waals surface area contributed by atoms with E-state index in [4.69, 9.17) is 5.73 Å². The summed E-state index contributed by atoms with van der Waals surface area (Å²) < 4.78 is 13.1. The molecule has 1 aromatic rings. The van der Waals surface area contributed by atoms with Crippen molar-refractivity contribution in [2.45, 2.75) is 19.9 Å². The topological polar surface area (TPSA) is 98.3 Å². The van der Waals surface area contributed by atoms with E-state index in [2.05, 4.69) is 5.32 Å². The first-order valence-corrected chi connectivity index (χ1v) is 5.33. The number of hydrogen-bond donors (Lipinski definition) is 2. The van der Waals surface area contributed by atoms with Crippen molar-refractivity contribution in [1.29, 1.82) is 0 Å². The Balaban J connectivity index is 2.89. The molecular formula is C11H14FN3O3. The van der Waals surface area contributed by atoms with E-state index in [-0.39, 0.29) is 17.6 Å². The molecule has 2 atom stereocenters. The molecule has 0 saturated heterocycles. The van der Waals surface area contributed by atoms with Crippen LogP contribution in [0.4, 0.5) is 15.8 Å². The molecule has 3 N–H and O–H groups in total. The maximum Gasteiger partial charge on any atom is 0.306 e. The summed E-state index contributed by atoms with van der Waals surface area (Å²) in [6.45, 7) is 3.31. The molecular weight excluding hydrogens is 241 g/mol. The lowest BCUT2D eigenvalue weighted by Crippen LogP contribution is -2.34. The molecule has 7 heteroatoms. The lowest BCUT2D eigenvalue weighted by molar-refractivity contribution is -0.387. The van der Waals surface area contributed by atoms with Crippen LogP contribution in [0.1, 0.15) is 13.8 Å². The molecule has 2 unspecified atom stereocenters. The molecule has 0 saturated carbocycles. The summed E-state index contributed by atoms with van der Waals surface area (Å²) in [4.78, 5) is 21.4. The van der Waals surface area contributed by atoms with E-state index in [1.807, 2.05) is 0 Å². The minimum absolute atomic E-state index is 0.167. The number of carbonyl (C=O) groups excluding carboxylic acids is 1. The first-order valence-electron chi connectivity index (χ1n) is 5.33. The Kier molecular flexibility index (Phi) is 4.33. The highest BCUT2D eigenvalue weighted by atomic mass is 19.1. The molecule has 98 valence electrons. The first-order chi connectivity index (χ1) is 8.32. The van der Waals surface area contributed by atoms with Crippen molar-refractivity contribution in [3.63, 3.8) is 0 Å². The predicted molar refractivity (Wildman–Crippen MR) is 64.5 cm³/mol. The van der Waals surface area contributed by atoms with Crippen molar-refractivity contribution >= 4 is 17.3 Å². The number of benzene rings is 1. The maximum atomic E-state index is 13.1. The van der Waals surface area contributed by atoms with E-state index in [0.29, 0.717) is 0 Å². The Labute approximate surface area is 103 Å². The number of carbonyl (C=O) groups is 1. The van der Waals surface area contributed by atoms with Crippen molar-refractivity contribution in [2.75, 3.05) is 5.32 Å². The Morgan fingerprint density at radius 3 is 2.61 bits per heavy atom. The van der Waals surface area contributed by atoms with Gasteiger partial charge in [0.2, 0.25) is 11.7 Å². The van der Waals surface area contributed by atoms with Crippen LogP contribution in [0, 0.1) is 21.8 Å². The Morgan fingerprint density at radius 2 is 2.11 bits per heavy atom. The summed E-state index contributed by atoms with van der Waals surface area (Å²) in [5.74, 6) is -1.77. The molecule has 0 aliphatic heterocycles. The van der Waals surface area contributed by atoms with Crippen LogP contribution in [0.25, 0.3) is 0 Å². The minimum Gasteiger partial charge on any atom is -0.327 e. The van der Waals surface area contributed by atoms with Crippen molar-refractivity contribution in [3.8, 4) is 0 Å². The van der Waals surface area contributed by atoms with Crippen molar-refractivity contribution in [3.05, 3.63) is 34.1 Å². The van der Waals surface area contributed by atoms with Crippen LogP contribution in [0.2, 0.25) is 0 Å². The summed E-state index contributed by atoms with van der Waals surface area (Å²) in [6.07, 6.45) is 0. The molecule has 0 aliphatic rings. The third-order valence-corrected chi connectivity index (χ3v) is 2.61. The van der Waals surface area contributed by atoms with Gasteiger partial charge in [0.05, 0.1) is 10.8 Å². The second-order valence-electron chi connectivity index (χ2n) is 4.06. The van der Waals surface area contributed by atoms with Gasteiger partial charge >= 0.3 is 5.69 Å². The number of nitro groups is 1. The molecule has 1 amide bonds. The van der Waals surface area contributed by atoms with E-state index >= 15 is 0 Å². The van der Waals surface area contributed by atoms with Crippen LogP contribution in [-0.2, 0) is 4.79 Å². The van der Waals surface area contributed by atoms with Gasteiger partial charge in [0.15, 0.2) is 0 Å². The molecule has 1 aromatic carbocycles. The molecule has 6 nitrogen and oxygen atoms in total. The lowest BCUT2D eigenvalue weighted by atomic mass is 10.0. The lowest BCUT2D eigenvalue weighted by Gasteiger charge is -2.15. The van der Waals surface area contributed by atoms with Crippen LogP contribution in [0.5, 0.6) is 0 Å². The van der Waals surface area contributed by atoms with Crippen molar-refractivity contribution < 1.29 is 14.1 Å². The largest absolute Gasteiger partial charge is 0.327 e. The second kappa shape index (κ2) is 5.54. The fourth-order valence-corrected chi connectivity index (χ4v) is 1.23. The molecule has 0 aromatic heterocycles. The number of nitrogens with one attached hydrogen (secondary N) is 1. The Bertz CT molecular complexity index is 477. The SMILES string of the molecule is CC(N)C(C)C(=O)Nc1ccc(F)c([N+](=O)[O-])c1. The van der Waals surface area contributed by atoms with Crippen molar-refractivity contribution in [1.82, 2.24) is 0 Å². The van der Waals surface area contributed by atoms with Gasteiger partial charge in [0.25, 0.3) is 0 Å². The number of nitrogens with zero attached hydrogens (tertiary/aromatic N) is 1. The van der Waals surface area contributed by atoms with Gasteiger partial charge in [0, 0.05) is 17.8 Å². The minimum atomic E-state index is -0.946. The van der Waals surface area contributed by atoms with E-state index in [0.717, 1.165) is 12.1 Å². The van der Waals surface area contributed by atoms with E-state index in [1.165, 1.54) is 6.07 Å². The van der Waals surface area contributed by atoms with Crippen LogP contribution in [0.15, 0.2) is 18.2 Å². The quantitative estimate of drug-likeness (QED) is 0.631. The first kappa shape index (κ1) is 14.0. The maximum absolute atomic E-state index is 13.1. The predicted octanol–water partition coefficient (Wildman–Crippen LogP) is 1.66. The molecule has 0 heterocycles. The fraction of sp³-hybridized carbons (Fsp3) is 0.364. The van der Waals surface area contributed by atoms with Gasteiger partial charge in [-0.1, -0.05) is 6.92 Å². The number of amides is 1. The van der Waals surface area contributed by atoms with Gasteiger partial charge in [-0.3, -0.25) is 14.9 Å². The molecule has 0 bridgehead atoms. The van der Waals surface area contributed by atoms with E-state index < -0.39 is 22.3 Å². The van der Waals surface area contributed by atoms with E-state index in [1.54, 1.807) is 13.8 Å². The fourth-order valence-electron chi connectivity index (χ4n) is 1.23. The number of nitro benzene ring substituents is 1. The average Bonchev–Trinajstić information content (AvgIpc) is 2.29. The molecule has 0 aliphatic carbocycles. The number of halogens is 1. The summed E-state index contributed by atoms with van der Waals surface area (Å²) in [7, 11) is 0. The summed E-state index contributed by atoms with van der Waals surface area (Å²) in [5.41, 5.74) is 5.05. The monoisotopic (exact) mass is 255 g/mol. The molecule has 1 rings (SSSR count). The molecule has 0 spiro atoms. The third kappa shape index (κ3) is 3.24. The van der Waals surface area contributed by atoms with Crippen LogP contribution in [-0.4, -0.2) is 16.9 Å². The Morgan fingerprint density at radius 1 is 1.50 bits per heavy atom. The summed E-state index contributed by atoms with van der Waals surface area (Å²) in [6, 6.07) is 2.82. The highest BCUT2D eigenvalue weighted by Crippen LogP contribution is 2.22. The second-order valence-corrected chi connectivity index (χ2v) is 4.06. The Hall–Kier alpha value is -2.02. The molecule has 0 fully saturated rings. The number of nitrogens with two attached hydrogens (primary N) is 1. The van der Waals surface area contributed by atoms with Gasteiger partial charge < -0.3 is 11.1 Å². The van der Waals surface area contributed by atoms with Gasteiger partial charge in [-0.2, -0.15) is 4.39 Å². The van der Waals surface area contributed by atoms with Gasteiger partial charge in [-0.15, -0.1) is 0 Å². The highest BCUT2D eigenvalue weighted by molar-refractivity contribution is 5.93. The highest BCUT2D eigenvalue weighted by Gasteiger charge is 2.19. The van der Waals surface area contributed by atoms with Gasteiger partial charge in [0.1, 0.15) is 0 Å². The average molecular weight is 255 g/mol. The summed E-state index contributed by atoms with van der Waals surface area (Å²) >= 11 is 0. The number of rotatable bonds is 4. The van der Waals surface area contributed by atoms with Crippen LogP contribution >= 0.6 is 0 Å². The summed E-state index contributed by atoms with van der Waals surface area (Å²) in [5, 5.41) is 13.0. The zero-order chi connectivity index (χ0) is 13.9. The van der Waals surface area contributed by atoms with Crippen LogP contribution in [0.3, 0.4) is 0 Å². The molecule has 18 heavy (non-hydrogen) atoms. The zero-order valence-electron chi connectivity index (χ0n) is 10.0. The number of anilines is 1. The van der Waals surface area contributed by atoms with Crippen LogP contribution < -0.4 is 11.1 Å². The molecule has 0 radical (unpaired) electrons. The van der Waals surface area contributed by atoms with E-state index in [9.17, 15) is 19.3 Å².